The van der Waals surface area contributed by atoms with Gasteiger partial charge in [0, 0.05) is 12.1 Å². The second-order valence-electron chi connectivity index (χ2n) is 3.97. The molecule has 90 valence electrons. The molecule has 17 heavy (non-hydrogen) atoms. The van der Waals surface area contributed by atoms with Crippen molar-refractivity contribution in [1.82, 2.24) is 9.97 Å². The standard InChI is InChI=1S/C11H14N4O2/c12-7(4-10(16)17)11(13)6-1-2-8-9(3-6)15-5-14-8/h1-3,5,7,11H,4,12-13H2,(H,14,15)(H,16,17). The summed E-state index contributed by atoms with van der Waals surface area (Å²) < 4.78 is 0. The molecule has 2 aromatic rings. The number of fused-ring (bicyclic) bond motifs is 1. The molecule has 0 radical (unpaired) electrons. The van der Waals surface area contributed by atoms with E-state index in [-0.39, 0.29) is 6.42 Å². The fourth-order valence-corrected chi connectivity index (χ4v) is 1.74. The highest BCUT2D eigenvalue weighted by molar-refractivity contribution is 5.75. The van der Waals surface area contributed by atoms with Crippen LogP contribution in [0, 0.1) is 0 Å². The van der Waals surface area contributed by atoms with Crippen LogP contribution in [-0.4, -0.2) is 27.1 Å². The average Bonchev–Trinajstić information content (AvgIpc) is 2.73. The minimum absolute atomic E-state index is 0.151. The Morgan fingerprint density at radius 1 is 1.47 bits per heavy atom. The first-order chi connectivity index (χ1) is 8.08. The number of carbonyl (C=O) groups is 1. The van der Waals surface area contributed by atoms with Crippen LogP contribution in [0.5, 0.6) is 0 Å². The molecule has 2 rings (SSSR count). The van der Waals surface area contributed by atoms with E-state index in [9.17, 15) is 4.79 Å². The van der Waals surface area contributed by atoms with Crippen LogP contribution >= 0.6 is 0 Å². The molecule has 0 saturated heterocycles. The predicted octanol–water partition coefficient (Wildman–Crippen LogP) is 0.365. The lowest BCUT2D eigenvalue weighted by atomic mass is 9.98. The largest absolute Gasteiger partial charge is 0.481 e. The zero-order valence-electron chi connectivity index (χ0n) is 9.13. The maximum absolute atomic E-state index is 10.6. The smallest absolute Gasteiger partial charge is 0.304 e. The quantitative estimate of drug-likeness (QED) is 0.609. The Balaban J connectivity index is 2.23. The Morgan fingerprint density at radius 2 is 2.24 bits per heavy atom. The molecule has 1 aromatic heterocycles. The van der Waals surface area contributed by atoms with Gasteiger partial charge in [-0.25, -0.2) is 4.98 Å². The van der Waals surface area contributed by atoms with Crippen molar-refractivity contribution in [2.75, 3.05) is 0 Å². The van der Waals surface area contributed by atoms with Crippen molar-refractivity contribution in [2.45, 2.75) is 18.5 Å². The molecule has 1 heterocycles. The van der Waals surface area contributed by atoms with E-state index in [1.807, 2.05) is 18.2 Å². The normalized spacial score (nSPS) is 14.7. The number of nitrogens with one attached hydrogen (secondary N) is 1. The third-order valence-corrected chi connectivity index (χ3v) is 2.70. The van der Waals surface area contributed by atoms with Crippen molar-refractivity contribution < 1.29 is 9.90 Å². The van der Waals surface area contributed by atoms with E-state index in [2.05, 4.69) is 9.97 Å². The molecule has 0 aliphatic rings. The number of rotatable bonds is 4. The fraction of sp³-hybridized carbons (Fsp3) is 0.273. The van der Waals surface area contributed by atoms with Crippen molar-refractivity contribution >= 4 is 17.0 Å². The number of benzene rings is 1. The van der Waals surface area contributed by atoms with Crippen LogP contribution in [0.2, 0.25) is 0 Å². The average molecular weight is 234 g/mol. The van der Waals surface area contributed by atoms with Gasteiger partial charge in [0.05, 0.1) is 23.8 Å². The molecule has 0 saturated carbocycles. The zero-order valence-corrected chi connectivity index (χ0v) is 9.13. The van der Waals surface area contributed by atoms with E-state index in [0.29, 0.717) is 0 Å². The number of hydrogen-bond donors (Lipinski definition) is 4. The van der Waals surface area contributed by atoms with Gasteiger partial charge in [-0.2, -0.15) is 0 Å². The summed E-state index contributed by atoms with van der Waals surface area (Å²) in [6, 6.07) is 4.38. The third-order valence-electron chi connectivity index (χ3n) is 2.70. The van der Waals surface area contributed by atoms with Crippen molar-refractivity contribution in [1.29, 1.82) is 0 Å². The van der Waals surface area contributed by atoms with E-state index in [1.54, 1.807) is 6.33 Å². The van der Waals surface area contributed by atoms with Gasteiger partial charge in [0.15, 0.2) is 0 Å². The van der Waals surface area contributed by atoms with E-state index < -0.39 is 18.1 Å². The Labute approximate surface area is 97.6 Å². The SMILES string of the molecule is NC(CC(=O)O)C(N)c1ccc2nc[nH]c2c1. The van der Waals surface area contributed by atoms with E-state index in [1.165, 1.54) is 0 Å². The van der Waals surface area contributed by atoms with Gasteiger partial charge in [-0.15, -0.1) is 0 Å². The summed E-state index contributed by atoms with van der Waals surface area (Å²) in [7, 11) is 0. The van der Waals surface area contributed by atoms with Crippen LogP contribution in [-0.2, 0) is 4.79 Å². The number of carboxylic acids is 1. The molecular formula is C11H14N4O2. The third kappa shape index (κ3) is 2.43. The first-order valence-electron chi connectivity index (χ1n) is 5.24. The first-order valence-corrected chi connectivity index (χ1v) is 5.24. The summed E-state index contributed by atoms with van der Waals surface area (Å²) in [5.41, 5.74) is 14.2. The minimum Gasteiger partial charge on any atom is -0.481 e. The number of imidazole rings is 1. The molecule has 0 spiro atoms. The maximum atomic E-state index is 10.6. The van der Waals surface area contributed by atoms with Gasteiger partial charge in [0.2, 0.25) is 0 Å². The zero-order chi connectivity index (χ0) is 12.4. The van der Waals surface area contributed by atoms with Crippen LogP contribution < -0.4 is 11.5 Å². The number of nitrogens with two attached hydrogens (primary N) is 2. The highest BCUT2D eigenvalue weighted by Gasteiger charge is 2.18. The van der Waals surface area contributed by atoms with Crippen LogP contribution in [0.15, 0.2) is 24.5 Å². The van der Waals surface area contributed by atoms with Crippen molar-refractivity contribution in [3.8, 4) is 0 Å². The molecule has 6 heteroatoms. The molecule has 6 nitrogen and oxygen atoms in total. The number of hydrogen-bond acceptors (Lipinski definition) is 4. The first kappa shape index (κ1) is 11.6. The summed E-state index contributed by atoms with van der Waals surface area (Å²) in [5, 5.41) is 8.67. The molecule has 0 aliphatic heterocycles. The maximum Gasteiger partial charge on any atom is 0.304 e. The van der Waals surface area contributed by atoms with Gasteiger partial charge >= 0.3 is 5.97 Å². The number of aromatic amines is 1. The number of aliphatic carboxylic acids is 1. The molecule has 1 aromatic carbocycles. The van der Waals surface area contributed by atoms with Gasteiger partial charge in [0.25, 0.3) is 0 Å². The molecule has 0 aliphatic carbocycles. The summed E-state index contributed by atoms with van der Waals surface area (Å²) in [4.78, 5) is 17.6. The van der Waals surface area contributed by atoms with Crippen LogP contribution in [0.25, 0.3) is 11.0 Å². The van der Waals surface area contributed by atoms with Gasteiger partial charge in [0.1, 0.15) is 0 Å². The lowest BCUT2D eigenvalue weighted by Crippen LogP contribution is -2.36. The van der Waals surface area contributed by atoms with Crippen LogP contribution in [0.1, 0.15) is 18.0 Å². The number of nitrogens with zero attached hydrogens (tertiary/aromatic N) is 1. The molecule has 2 atom stereocenters. The van der Waals surface area contributed by atoms with Gasteiger partial charge in [-0.05, 0) is 17.7 Å². The Bertz CT molecular complexity index is 537. The highest BCUT2D eigenvalue weighted by Crippen LogP contribution is 2.19. The Kier molecular flexibility index (Phi) is 3.08. The van der Waals surface area contributed by atoms with Gasteiger partial charge in [-0.1, -0.05) is 6.07 Å². The summed E-state index contributed by atoms with van der Waals surface area (Å²) >= 11 is 0. The van der Waals surface area contributed by atoms with Crippen molar-refractivity contribution in [2.24, 2.45) is 11.5 Å². The molecule has 2 unspecified atom stereocenters. The van der Waals surface area contributed by atoms with E-state index in [4.69, 9.17) is 16.6 Å². The summed E-state index contributed by atoms with van der Waals surface area (Å²) in [6.07, 6.45) is 1.44. The lowest BCUT2D eigenvalue weighted by Gasteiger charge is -2.18. The Hall–Kier alpha value is -1.92. The topological polar surface area (TPSA) is 118 Å². The minimum atomic E-state index is -0.949. The Morgan fingerprint density at radius 3 is 2.94 bits per heavy atom. The van der Waals surface area contributed by atoms with E-state index in [0.717, 1.165) is 16.6 Å². The monoisotopic (exact) mass is 234 g/mol. The second kappa shape index (κ2) is 4.52. The van der Waals surface area contributed by atoms with E-state index >= 15 is 0 Å². The second-order valence-corrected chi connectivity index (χ2v) is 3.97. The van der Waals surface area contributed by atoms with Gasteiger partial charge < -0.3 is 21.6 Å². The van der Waals surface area contributed by atoms with Crippen molar-refractivity contribution in [3.63, 3.8) is 0 Å². The van der Waals surface area contributed by atoms with Crippen LogP contribution in [0.3, 0.4) is 0 Å². The lowest BCUT2D eigenvalue weighted by molar-refractivity contribution is -0.137. The number of aromatic nitrogens is 2. The molecular weight excluding hydrogens is 220 g/mol. The molecule has 0 bridgehead atoms. The molecule has 6 N–H and O–H groups in total. The van der Waals surface area contributed by atoms with Crippen molar-refractivity contribution in [3.05, 3.63) is 30.1 Å². The predicted molar refractivity (Wildman–Crippen MR) is 63.3 cm³/mol. The summed E-state index contributed by atoms with van der Waals surface area (Å²) in [6.45, 7) is 0. The fourth-order valence-electron chi connectivity index (χ4n) is 1.74. The molecule has 0 amide bonds. The molecule has 0 fully saturated rings. The number of H-pyrrole nitrogens is 1. The van der Waals surface area contributed by atoms with Crippen LogP contribution in [0.4, 0.5) is 0 Å². The van der Waals surface area contributed by atoms with Gasteiger partial charge in [-0.3, -0.25) is 4.79 Å². The highest BCUT2D eigenvalue weighted by atomic mass is 16.4. The number of carboxylic acid groups (broad SMARTS) is 1. The summed E-state index contributed by atoms with van der Waals surface area (Å²) in [5.74, 6) is -0.949.